The summed E-state index contributed by atoms with van der Waals surface area (Å²) in [6, 6.07) is 8.87. The highest BCUT2D eigenvalue weighted by molar-refractivity contribution is 6.30. The first-order valence-electron chi connectivity index (χ1n) is 5.57. The molecular weight excluding hydrogens is 266 g/mol. The molecule has 2 N–H and O–H groups in total. The summed E-state index contributed by atoms with van der Waals surface area (Å²) < 4.78 is 4.86. The monoisotopic (exact) mass is 277 g/mol. The molecule has 0 fully saturated rings. The highest BCUT2D eigenvalue weighted by Gasteiger charge is 1.99. The fourth-order valence-corrected chi connectivity index (χ4v) is 1.54. The normalized spacial score (nSPS) is 10.6. The lowest BCUT2D eigenvalue weighted by molar-refractivity contribution is -0.119. The number of nitrogens with one attached hydrogen (secondary N) is 2. The molecular formula is C13H12ClN3O2. The van der Waals surface area contributed by atoms with Crippen LogP contribution in [-0.2, 0) is 4.79 Å². The van der Waals surface area contributed by atoms with E-state index in [0.29, 0.717) is 5.02 Å². The summed E-state index contributed by atoms with van der Waals surface area (Å²) in [6.07, 6.45) is 4.56. The van der Waals surface area contributed by atoms with E-state index >= 15 is 0 Å². The van der Waals surface area contributed by atoms with E-state index in [0.717, 1.165) is 11.3 Å². The standard InChI is InChI=1S/C13H12ClN3O2/c14-11-2-1-3-12(6-11)15-8-13(18)17-16-7-10-4-5-19-9-10/h1-7,9,15H,8H2,(H,17,18). The number of rotatable bonds is 5. The fourth-order valence-electron chi connectivity index (χ4n) is 1.35. The number of carbonyl (C=O) groups excluding carboxylic acids is 1. The van der Waals surface area contributed by atoms with Crippen molar-refractivity contribution in [2.45, 2.75) is 0 Å². The van der Waals surface area contributed by atoms with E-state index in [1.807, 2.05) is 6.07 Å². The second-order valence-electron chi connectivity index (χ2n) is 3.71. The number of furan rings is 1. The molecule has 1 aromatic carbocycles. The van der Waals surface area contributed by atoms with Gasteiger partial charge in [0.1, 0.15) is 0 Å². The number of hydrogen-bond donors (Lipinski definition) is 2. The van der Waals surface area contributed by atoms with Gasteiger partial charge in [0.25, 0.3) is 5.91 Å². The molecule has 19 heavy (non-hydrogen) atoms. The molecule has 0 atom stereocenters. The number of carbonyl (C=O) groups is 1. The average molecular weight is 278 g/mol. The van der Waals surface area contributed by atoms with Crippen LogP contribution in [0.5, 0.6) is 0 Å². The number of amides is 1. The van der Waals surface area contributed by atoms with Crippen LogP contribution >= 0.6 is 11.6 Å². The summed E-state index contributed by atoms with van der Waals surface area (Å²) in [4.78, 5) is 11.5. The van der Waals surface area contributed by atoms with Gasteiger partial charge in [0.2, 0.25) is 0 Å². The van der Waals surface area contributed by atoms with Crippen LogP contribution in [0, 0.1) is 0 Å². The lowest BCUT2D eigenvalue weighted by Crippen LogP contribution is -2.25. The Morgan fingerprint density at radius 3 is 3.05 bits per heavy atom. The molecule has 0 saturated carbocycles. The van der Waals surface area contributed by atoms with Crippen LogP contribution in [-0.4, -0.2) is 18.7 Å². The predicted molar refractivity (Wildman–Crippen MR) is 74.4 cm³/mol. The molecule has 1 amide bonds. The Kier molecular flexibility index (Phi) is 4.58. The summed E-state index contributed by atoms with van der Waals surface area (Å²) >= 11 is 5.83. The van der Waals surface area contributed by atoms with Crippen molar-refractivity contribution in [1.82, 2.24) is 5.43 Å². The van der Waals surface area contributed by atoms with Gasteiger partial charge in [-0.05, 0) is 24.3 Å². The molecule has 0 saturated heterocycles. The lowest BCUT2D eigenvalue weighted by Gasteiger charge is -2.05. The van der Waals surface area contributed by atoms with E-state index in [4.69, 9.17) is 16.0 Å². The molecule has 6 heteroatoms. The highest BCUT2D eigenvalue weighted by atomic mass is 35.5. The second kappa shape index (κ2) is 6.61. The minimum Gasteiger partial charge on any atom is -0.472 e. The van der Waals surface area contributed by atoms with Gasteiger partial charge >= 0.3 is 0 Å². The minimum absolute atomic E-state index is 0.114. The molecule has 2 rings (SSSR count). The first-order chi connectivity index (χ1) is 9.24. The molecule has 0 aliphatic rings. The van der Waals surface area contributed by atoms with E-state index in [-0.39, 0.29) is 12.5 Å². The molecule has 2 aromatic rings. The predicted octanol–water partition coefficient (Wildman–Crippen LogP) is 2.50. The smallest absolute Gasteiger partial charge is 0.259 e. The van der Waals surface area contributed by atoms with Gasteiger partial charge in [0.05, 0.1) is 25.3 Å². The van der Waals surface area contributed by atoms with Crippen molar-refractivity contribution in [3.8, 4) is 0 Å². The topological polar surface area (TPSA) is 66.6 Å². The maximum absolute atomic E-state index is 11.5. The summed E-state index contributed by atoms with van der Waals surface area (Å²) in [5.74, 6) is -0.250. The Morgan fingerprint density at radius 1 is 1.42 bits per heavy atom. The maximum Gasteiger partial charge on any atom is 0.259 e. The number of benzene rings is 1. The fraction of sp³-hybridized carbons (Fsp3) is 0.0769. The van der Waals surface area contributed by atoms with Crippen LogP contribution in [0.2, 0.25) is 5.02 Å². The summed E-state index contributed by atoms with van der Waals surface area (Å²) in [7, 11) is 0. The van der Waals surface area contributed by atoms with Crippen molar-refractivity contribution < 1.29 is 9.21 Å². The Hall–Kier alpha value is -2.27. The quantitative estimate of drug-likeness (QED) is 0.652. The van der Waals surface area contributed by atoms with E-state index < -0.39 is 0 Å². The number of anilines is 1. The average Bonchev–Trinajstić information content (AvgIpc) is 2.90. The van der Waals surface area contributed by atoms with Gasteiger partial charge in [-0.1, -0.05) is 17.7 Å². The van der Waals surface area contributed by atoms with Crippen LogP contribution in [0.15, 0.2) is 52.4 Å². The van der Waals surface area contributed by atoms with Crippen LogP contribution < -0.4 is 10.7 Å². The highest BCUT2D eigenvalue weighted by Crippen LogP contribution is 2.14. The molecule has 0 radical (unpaired) electrons. The Labute approximate surface area is 115 Å². The van der Waals surface area contributed by atoms with Crippen molar-refractivity contribution in [2.75, 3.05) is 11.9 Å². The van der Waals surface area contributed by atoms with Crippen molar-refractivity contribution in [2.24, 2.45) is 5.10 Å². The van der Waals surface area contributed by atoms with Crippen LogP contribution in [0.4, 0.5) is 5.69 Å². The van der Waals surface area contributed by atoms with Gasteiger partial charge in [0, 0.05) is 16.3 Å². The van der Waals surface area contributed by atoms with E-state index in [9.17, 15) is 4.79 Å². The van der Waals surface area contributed by atoms with Crippen molar-refractivity contribution >= 4 is 29.4 Å². The van der Waals surface area contributed by atoms with E-state index in [1.165, 1.54) is 18.7 Å². The van der Waals surface area contributed by atoms with E-state index in [2.05, 4.69) is 15.8 Å². The zero-order chi connectivity index (χ0) is 13.5. The summed E-state index contributed by atoms with van der Waals surface area (Å²) in [5.41, 5.74) is 3.96. The molecule has 0 bridgehead atoms. The SMILES string of the molecule is O=C(CNc1cccc(Cl)c1)NN=Cc1ccoc1. The van der Waals surface area contributed by atoms with Crippen LogP contribution in [0.3, 0.4) is 0 Å². The molecule has 5 nitrogen and oxygen atoms in total. The number of nitrogens with zero attached hydrogens (tertiary/aromatic N) is 1. The van der Waals surface area contributed by atoms with Gasteiger partial charge in [-0.2, -0.15) is 5.10 Å². The molecule has 0 spiro atoms. The van der Waals surface area contributed by atoms with E-state index in [1.54, 1.807) is 24.3 Å². The largest absolute Gasteiger partial charge is 0.472 e. The van der Waals surface area contributed by atoms with Crippen molar-refractivity contribution in [3.05, 3.63) is 53.4 Å². The van der Waals surface area contributed by atoms with Gasteiger partial charge in [-0.3, -0.25) is 4.79 Å². The molecule has 0 aliphatic carbocycles. The van der Waals surface area contributed by atoms with Gasteiger partial charge < -0.3 is 9.73 Å². The molecule has 0 aliphatic heterocycles. The molecule has 1 aromatic heterocycles. The maximum atomic E-state index is 11.5. The Balaban J connectivity index is 1.76. The minimum atomic E-state index is -0.250. The summed E-state index contributed by atoms with van der Waals surface area (Å²) in [6.45, 7) is 0.114. The number of hydrazone groups is 1. The summed E-state index contributed by atoms with van der Waals surface area (Å²) in [5, 5.41) is 7.35. The van der Waals surface area contributed by atoms with Crippen molar-refractivity contribution in [1.29, 1.82) is 0 Å². The van der Waals surface area contributed by atoms with Gasteiger partial charge in [0.15, 0.2) is 0 Å². The third-order valence-electron chi connectivity index (χ3n) is 2.22. The number of halogens is 1. The second-order valence-corrected chi connectivity index (χ2v) is 4.15. The van der Waals surface area contributed by atoms with Crippen molar-refractivity contribution in [3.63, 3.8) is 0 Å². The van der Waals surface area contributed by atoms with Gasteiger partial charge in [-0.15, -0.1) is 0 Å². The third kappa shape index (κ3) is 4.48. The zero-order valence-electron chi connectivity index (χ0n) is 9.97. The van der Waals surface area contributed by atoms with Crippen LogP contribution in [0.25, 0.3) is 0 Å². The van der Waals surface area contributed by atoms with Gasteiger partial charge in [-0.25, -0.2) is 5.43 Å². The molecule has 1 heterocycles. The Morgan fingerprint density at radius 2 is 2.32 bits per heavy atom. The molecule has 98 valence electrons. The third-order valence-corrected chi connectivity index (χ3v) is 2.46. The first kappa shape index (κ1) is 13.2. The molecule has 0 unspecified atom stereocenters. The van der Waals surface area contributed by atoms with Crippen LogP contribution in [0.1, 0.15) is 5.56 Å². The lowest BCUT2D eigenvalue weighted by atomic mass is 10.3. The first-order valence-corrected chi connectivity index (χ1v) is 5.95. The zero-order valence-corrected chi connectivity index (χ0v) is 10.7. The Bertz CT molecular complexity index is 567. The number of hydrogen-bond acceptors (Lipinski definition) is 4.